The van der Waals surface area contributed by atoms with Crippen molar-refractivity contribution < 1.29 is 28.9 Å². The molecule has 16 heteroatoms. The van der Waals surface area contributed by atoms with Crippen LogP contribution >= 0.6 is 0 Å². The predicted molar refractivity (Wildman–Crippen MR) is 224 cm³/mol. The van der Waals surface area contributed by atoms with Crippen molar-refractivity contribution in [2.75, 3.05) is 26.8 Å². The van der Waals surface area contributed by atoms with E-state index in [0.717, 1.165) is 15.1 Å². The lowest BCUT2D eigenvalue weighted by molar-refractivity contribution is -0.138. The number of rotatable bonds is 10. The van der Waals surface area contributed by atoms with Crippen molar-refractivity contribution in [3.05, 3.63) is 150 Å². The summed E-state index contributed by atoms with van der Waals surface area (Å²) < 4.78 is 21.7. The second-order valence-electron chi connectivity index (χ2n) is 15.6. The van der Waals surface area contributed by atoms with Gasteiger partial charge in [0.2, 0.25) is 0 Å². The van der Waals surface area contributed by atoms with Gasteiger partial charge in [-0.3, -0.25) is 19.8 Å². The Hall–Kier alpha value is -7.36. The topological polar surface area (TPSA) is 181 Å². The quantitative estimate of drug-likeness (QED) is 0.151. The molecule has 0 bridgehead atoms. The second kappa shape index (κ2) is 14.7. The third kappa shape index (κ3) is 5.87. The molecule has 312 valence electrons. The van der Waals surface area contributed by atoms with Gasteiger partial charge in [0.1, 0.15) is 5.69 Å². The van der Waals surface area contributed by atoms with Gasteiger partial charge >= 0.3 is 11.4 Å². The van der Waals surface area contributed by atoms with Gasteiger partial charge in [-0.15, -0.1) is 0 Å². The van der Waals surface area contributed by atoms with Gasteiger partial charge in [-0.1, -0.05) is 60.2 Å². The number of aromatic hydroxyl groups is 1. The number of phenols is 1. The maximum Gasteiger partial charge on any atom is 0.347 e. The van der Waals surface area contributed by atoms with Gasteiger partial charge in [0.25, 0.3) is 17.4 Å². The summed E-state index contributed by atoms with van der Waals surface area (Å²) >= 11 is 0. The number of hydrogen-bond donors (Lipinski definition) is 2. The number of ether oxygens (including phenoxy) is 3. The number of methoxy groups -OCH3 is 3. The number of phenolic OH excluding ortho intramolecular Hbond substituents is 1. The summed E-state index contributed by atoms with van der Waals surface area (Å²) in [5.41, 5.74) is 4.40. The lowest BCUT2D eigenvalue weighted by atomic mass is 9.53. The van der Waals surface area contributed by atoms with Crippen LogP contribution in [-0.4, -0.2) is 66.7 Å². The minimum absolute atomic E-state index is 0.00449. The zero-order chi connectivity index (χ0) is 42.9. The Balaban J connectivity index is 1.17. The first-order valence-electron chi connectivity index (χ1n) is 19.8. The Morgan fingerprint density at radius 2 is 1.56 bits per heavy atom. The third-order valence-corrected chi connectivity index (χ3v) is 12.5. The van der Waals surface area contributed by atoms with Crippen LogP contribution in [0.2, 0.25) is 0 Å². The lowest BCUT2D eigenvalue weighted by Gasteiger charge is -2.49. The number of benzene rings is 4. The lowest BCUT2D eigenvalue weighted by Crippen LogP contribution is -2.53. The number of nitrogens with one attached hydrogen (secondary N) is 1. The fourth-order valence-electron chi connectivity index (χ4n) is 9.59. The Morgan fingerprint density at radius 1 is 0.852 bits per heavy atom. The van der Waals surface area contributed by atoms with Crippen molar-refractivity contribution in [2.24, 2.45) is 13.0 Å². The van der Waals surface area contributed by atoms with E-state index in [0.29, 0.717) is 44.9 Å². The highest BCUT2D eigenvalue weighted by Gasteiger charge is 2.68. The van der Waals surface area contributed by atoms with Crippen molar-refractivity contribution in [1.82, 2.24) is 28.5 Å². The summed E-state index contributed by atoms with van der Waals surface area (Å²) in [6.07, 6.45) is 1.82. The fourth-order valence-corrected chi connectivity index (χ4v) is 9.59. The molecule has 2 amide bonds. The standard InChI is InChI=1S/C45H43N7O9/c1-25-11-14-28(15-12-25)47-51-40(54)30-22-33-29(39(26-13-16-35(53)36(21-26)59-3)45(30,42(51)56)27-9-7-6-8-10-27)17-20-50-43(57)49(44(58)52(33)50)19-18-31-41(55)48(2)34-24-38(61-5)37(60-4)23-32(34)46-31/h6-17,21,23-24,30,33,39,47,53H,18-20,22H2,1-5H3/t30-,33+,39-,45+/m0/s1. The second-order valence-corrected chi connectivity index (χ2v) is 15.6. The average molecular weight is 826 g/mol. The molecule has 4 heterocycles. The molecule has 0 radical (unpaired) electrons. The number of amides is 2. The molecular weight excluding hydrogens is 783 g/mol. The molecule has 6 aromatic rings. The van der Waals surface area contributed by atoms with E-state index in [1.807, 2.05) is 55.5 Å². The highest BCUT2D eigenvalue weighted by Crippen LogP contribution is 2.62. The summed E-state index contributed by atoms with van der Waals surface area (Å²) in [5.74, 6) is -1.97. The monoisotopic (exact) mass is 825 g/mol. The zero-order valence-corrected chi connectivity index (χ0v) is 34.1. The van der Waals surface area contributed by atoms with Crippen LogP contribution in [0, 0.1) is 12.8 Å². The van der Waals surface area contributed by atoms with Crippen molar-refractivity contribution in [1.29, 1.82) is 0 Å². The van der Waals surface area contributed by atoms with E-state index in [1.165, 1.54) is 41.3 Å². The first-order valence-corrected chi connectivity index (χ1v) is 19.8. The molecule has 2 aliphatic heterocycles. The largest absolute Gasteiger partial charge is 0.504 e. The number of anilines is 1. The molecule has 2 N–H and O–H groups in total. The van der Waals surface area contributed by atoms with E-state index >= 15 is 4.79 Å². The van der Waals surface area contributed by atoms with Gasteiger partial charge in [0.05, 0.1) is 62.0 Å². The average Bonchev–Trinajstić information content (AvgIpc) is 3.65. The van der Waals surface area contributed by atoms with Crippen molar-refractivity contribution in [3.8, 4) is 23.0 Å². The summed E-state index contributed by atoms with van der Waals surface area (Å²) in [7, 11) is 6.03. The molecule has 0 unspecified atom stereocenters. The number of aromatic nitrogens is 5. The molecule has 4 aromatic carbocycles. The van der Waals surface area contributed by atoms with E-state index in [1.54, 1.807) is 43.4 Å². The number of carbonyl (C=O) groups excluding carboxylic acids is 2. The molecule has 4 atom stereocenters. The van der Waals surface area contributed by atoms with E-state index in [-0.39, 0.29) is 43.1 Å². The smallest absolute Gasteiger partial charge is 0.347 e. The number of hydrazine groups is 1. The minimum atomic E-state index is -1.52. The number of fused-ring (bicyclic) bond motifs is 5. The van der Waals surface area contributed by atoms with Crippen LogP contribution in [-0.2, 0) is 41.6 Å². The molecule has 16 nitrogen and oxygen atoms in total. The molecule has 1 saturated heterocycles. The molecule has 61 heavy (non-hydrogen) atoms. The Bertz CT molecular complexity index is 2980. The highest BCUT2D eigenvalue weighted by atomic mass is 16.5. The fraction of sp³-hybridized carbons (Fsp3) is 0.289. The van der Waals surface area contributed by atoms with Crippen LogP contribution in [0.5, 0.6) is 23.0 Å². The minimum Gasteiger partial charge on any atom is -0.504 e. The van der Waals surface area contributed by atoms with Gasteiger partial charge in [-0.25, -0.2) is 28.5 Å². The maximum absolute atomic E-state index is 15.4. The van der Waals surface area contributed by atoms with Crippen LogP contribution < -0.4 is 36.6 Å². The molecule has 2 fully saturated rings. The molecule has 0 spiro atoms. The number of allylic oxidation sites excluding steroid dienone is 2. The van der Waals surface area contributed by atoms with E-state index in [4.69, 9.17) is 14.2 Å². The first kappa shape index (κ1) is 39.1. The van der Waals surface area contributed by atoms with Crippen LogP contribution in [0.1, 0.15) is 40.8 Å². The Morgan fingerprint density at radius 3 is 2.26 bits per heavy atom. The van der Waals surface area contributed by atoms with Gasteiger partial charge in [0.15, 0.2) is 23.0 Å². The van der Waals surface area contributed by atoms with Gasteiger partial charge in [-0.05, 0) is 54.3 Å². The van der Waals surface area contributed by atoms with E-state index in [2.05, 4.69) is 10.4 Å². The van der Waals surface area contributed by atoms with Crippen molar-refractivity contribution >= 4 is 28.5 Å². The maximum atomic E-state index is 15.4. The van der Waals surface area contributed by atoms with Crippen LogP contribution in [0.25, 0.3) is 11.0 Å². The Kier molecular flexibility index (Phi) is 9.44. The molecule has 2 aromatic heterocycles. The summed E-state index contributed by atoms with van der Waals surface area (Å²) in [6, 6.07) is 23.8. The summed E-state index contributed by atoms with van der Waals surface area (Å²) in [6.45, 7) is 1.77. The number of carbonyl (C=O) groups is 2. The van der Waals surface area contributed by atoms with Crippen LogP contribution in [0.3, 0.4) is 0 Å². The van der Waals surface area contributed by atoms with Crippen LogP contribution in [0.4, 0.5) is 5.69 Å². The number of nitrogens with zero attached hydrogens (tertiary/aromatic N) is 6. The van der Waals surface area contributed by atoms with Gasteiger partial charge < -0.3 is 23.9 Å². The molecular formula is C45H43N7O9. The zero-order valence-electron chi connectivity index (χ0n) is 34.1. The number of hydrogen-bond acceptors (Lipinski definition) is 11. The van der Waals surface area contributed by atoms with Gasteiger partial charge in [0, 0.05) is 38.1 Å². The summed E-state index contributed by atoms with van der Waals surface area (Å²) in [4.78, 5) is 77.3. The highest BCUT2D eigenvalue weighted by molar-refractivity contribution is 6.12. The summed E-state index contributed by atoms with van der Waals surface area (Å²) in [5, 5.41) is 11.8. The molecule has 1 aliphatic carbocycles. The van der Waals surface area contributed by atoms with Crippen LogP contribution in [0.15, 0.2) is 111 Å². The van der Waals surface area contributed by atoms with Gasteiger partial charge in [-0.2, -0.15) is 5.01 Å². The number of imide groups is 1. The number of aryl methyl sites for hydroxylation is 3. The third-order valence-electron chi connectivity index (χ3n) is 12.5. The molecule has 9 rings (SSSR count). The SMILES string of the molecule is COc1cc([C@H]2C3=CCn4c(=O)n(CCc5nc6cc(OC)c(OC)cc6n(C)c5=O)c(=O)n4[C@@H]3C[C@H]3C(=O)N(Nc4ccc(C)cc4)C(=O)[C@@]23c2ccccc2)ccc1O. The molecule has 3 aliphatic rings. The van der Waals surface area contributed by atoms with E-state index in [9.17, 15) is 24.3 Å². The Labute approximate surface area is 348 Å². The molecule has 1 saturated carbocycles. The normalized spacial score (nSPS) is 20.5. The van der Waals surface area contributed by atoms with Crippen molar-refractivity contribution in [3.63, 3.8) is 0 Å². The van der Waals surface area contributed by atoms with Crippen molar-refractivity contribution in [2.45, 2.75) is 50.2 Å². The van der Waals surface area contributed by atoms with E-state index < -0.39 is 52.0 Å². The predicted octanol–water partition coefficient (Wildman–Crippen LogP) is 3.96. The first-order chi connectivity index (χ1) is 29.4.